The highest BCUT2D eigenvalue weighted by Crippen LogP contribution is 2.34. The predicted molar refractivity (Wildman–Crippen MR) is 112 cm³/mol. The monoisotopic (exact) mass is 363 g/mol. The molecule has 0 fully saturated rings. The van der Waals surface area contributed by atoms with E-state index < -0.39 is 0 Å². The molecule has 5 rings (SSSR count). The molecule has 4 aromatic carbocycles. The Hall–Kier alpha value is -3.85. The predicted octanol–water partition coefficient (Wildman–Crippen LogP) is 6.00. The number of carbonyl (C=O) groups excluding carboxylic acids is 1. The van der Waals surface area contributed by atoms with Gasteiger partial charge in [0, 0.05) is 16.5 Å². The average Bonchev–Trinajstić information content (AvgIpc) is 3.09. The summed E-state index contributed by atoms with van der Waals surface area (Å²) in [6.45, 7) is 0. The first kappa shape index (κ1) is 16.3. The smallest absolute Gasteiger partial charge is 0.343 e. The number of carbonyl (C=O) groups is 1. The van der Waals surface area contributed by atoms with Crippen LogP contribution in [0, 0.1) is 0 Å². The van der Waals surface area contributed by atoms with E-state index in [-0.39, 0.29) is 5.97 Å². The molecule has 5 aromatic rings. The molecule has 3 heteroatoms. The molecule has 0 unspecified atom stereocenters. The van der Waals surface area contributed by atoms with Gasteiger partial charge in [-0.15, -0.1) is 0 Å². The molecule has 3 nitrogen and oxygen atoms in total. The van der Waals surface area contributed by atoms with Crippen molar-refractivity contribution in [3.63, 3.8) is 0 Å². The van der Waals surface area contributed by atoms with Gasteiger partial charge >= 0.3 is 5.97 Å². The molecule has 0 bridgehead atoms. The van der Waals surface area contributed by atoms with Gasteiger partial charge in [0.2, 0.25) is 0 Å². The number of rotatable bonds is 3. The summed E-state index contributed by atoms with van der Waals surface area (Å²) in [7, 11) is 0. The molecule has 0 saturated carbocycles. The van der Waals surface area contributed by atoms with E-state index >= 15 is 0 Å². The van der Waals surface area contributed by atoms with Gasteiger partial charge in [0.15, 0.2) is 0 Å². The van der Waals surface area contributed by atoms with Crippen LogP contribution in [0.25, 0.3) is 27.5 Å². The molecule has 0 N–H and O–H groups in total. The van der Waals surface area contributed by atoms with Crippen molar-refractivity contribution in [3.05, 3.63) is 109 Å². The molecular formula is C25H17NO2. The molecule has 0 aliphatic rings. The van der Waals surface area contributed by atoms with E-state index in [1.807, 2.05) is 66.7 Å². The SMILES string of the molecule is O=C(Oc1ccc2c(c1)c1ccccc1n2-c1ccccc1)c1ccccc1. The molecule has 134 valence electrons. The highest BCUT2D eigenvalue weighted by Gasteiger charge is 2.14. The maximum atomic E-state index is 12.4. The molecule has 1 heterocycles. The third-order valence-corrected chi connectivity index (χ3v) is 4.88. The molecule has 0 aliphatic heterocycles. The van der Waals surface area contributed by atoms with E-state index in [0.717, 1.165) is 27.5 Å². The van der Waals surface area contributed by atoms with Gasteiger partial charge < -0.3 is 9.30 Å². The van der Waals surface area contributed by atoms with E-state index in [2.05, 4.69) is 28.8 Å². The lowest BCUT2D eigenvalue weighted by Crippen LogP contribution is -2.07. The first-order chi connectivity index (χ1) is 13.8. The second-order valence-electron chi connectivity index (χ2n) is 6.62. The van der Waals surface area contributed by atoms with Crippen molar-refractivity contribution >= 4 is 27.8 Å². The zero-order valence-corrected chi connectivity index (χ0v) is 15.1. The van der Waals surface area contributed by atoms with Gasteiger partial charge in [-0.3, -0.25) is 0 Å². The van der Waals surface area contributed by atoms with Crippen molar-refractivity contribution in [1.29, 1.82) is 0 Å². The van der Waals surface area contributed by atoms with Crippen LogP contribution in [-0.4, -0.2) is 10.5 Å². The maximum Gasteiger partial charge on any atom is 0.343 e. The number of hydrogen-bond acceptors (Lipinski definition) is 2. The van der Waals surface area contributed by atoms with Crippen LogP contribution in [0.1, 0.15) is 10.4 Å². The second-order valence-corrected chi connectivity index (χ2v) is 6.62. The van der Waals surface area contributed by atoms with E-state index in [1.54, 1.807) is 12.1 Å². The third-order valence-electron chi connectivity index (χ3n) is 4.88. The number of hydrogen-bond donors (Lipinski definition) is 0. The average molecular weight is 363 g/mol. The highest BCUT2D eigenvalue weighted by atomic mass is 16.5. The third kappa shape index (κ3) is 2.74. The Labute approximate surface area is 162 Å². The molecule has 0 spiro atoms. The lowest BCUT2D eigenvalue weighted by atomic mass is 10.1. The molecule has 28 heavy (non-hydrogen) atoms. The number of nitrogens with zero attached hydrogens (tertiary/aromatic N) is 1. The summed E-state index contributed by atoms with van der Waals surface area (Å²) in [5.41, 5.74) is 3.83. The van der Waals surface area contributed by atoms with E-state index in [0.29, 0.717) is 11.3 Å². The van der Waals surface area contributed by atoms with Gasteiger partial charge in [-0.05, 0) is 48.5 Å². The first-order valence-corrected chi connectivity index (χ1v) is 9.17. The van der Waals surface area contributed by atoms with Gasteiger partial charge in [-0.2, -0.15) is 0 Å². The van der Waals surface area contributed by atoms with Crippen LogP contribution < -0.4 is 4.74 Å². The van der Waals surface area contributed by atoms with Gasteiger partial charge in [0.1, 0.15) is 5.75 Å². The minimum Gasteiger partial charge on any atom is -0.423 e. The summed E-state index contributed by atoms with van der Waals surface area (Å²) in [4.78, 5) is 12.4. The topological polar surface area (TPSA) is 31.2 Å². The molecule has 1 aromatic heterocycles. The number of fused-ring (bicyclic) bond motifs is 3. The fraction of sp³-hybridized carbons (Fsp3) is 0. The Morgan fingerprint density at radius 2 is 1.29 bits per heavy atom. The van der Waals surface area contributed by atoms with Crippen molar-refractivity contribution in [1.82, 2.24) is 4.57 Å². The maximum absolute atomic E-state index is 12.4. The van der Waals surface area contributed by atoms with Crippen molar-refractivity contribution in [2.75, 3.05) is 0 Å². The minimum atomic E-state index is -0.355. The summed E-state index contributed by atoms with van der Waals surface area (Å²) in [5, 5.41) is 2.18. The second kappa shape index (κ2) is 6.71. The van der Waals surface area contributed by atoms with E-state index in [1.165, 1.54) is 0 Å². The molecule has 0 radical (unpaired) electrons. The largest absolute Gasteiger partial charge is 0.423 e. The van der Waals surface area contributed by atoms with Gasteiger partial charge in [-0.25, -0.2) is 4.79 Å². The standard InChI is InChI=1S/C25H17NO2/c27-25(18-9-3-1-4-10-18)28-20-15-16-24-22(17-20)21-13-7-8-14-23(21)26(24)19-11-5-2-6-12-19/h1-17H. The van der Waals surface area contributed by atoms with Crippen LogP contribution in [0.15, 0.2) is 103 Å². The molecule has 0 atom stereocenters. The summed E-state index contributed by atoms with van der Waals surface area (Å²) < 4.78 is 7.85. The Morgan fingerprint density at radius 1 is 0.643 bits per heavy atom. The van der Waals surface area contributed by atoms with Crippen LogP contribution >= 0.6 is 0 Å². The van der Waals surface area contributed by atoms with Crippen LogP contribution in [0.5, 0.6) is 5.75 Å². The van der Waals surface area contributed by atoms with Gasteiger partial charge in [0.05, 0.1) is 16.6 Å². The Bertz CT molecular complexity index is 1290. The number of aromatic nitrogens is 1. The molecule has 0 saturated heterocycles. The summed E-state index contributed by atoms with van der Waals surface area (Å²) in [6, 6.07) is 33.4. The Balaban J connectivity index is 1.65. The minimum absolute atomic E-state index is 0.355. The van der Waals surface area contributed by atoms with Crippen LogP contribution in [0.3, 0.4) is 0 Å². The zero-order chi connectivity index (χ0) is 18.9. The van der Waals surface area contributed by atoms with Crippen molar-refractivity contribution in [2.24, 2.45) is 0 Å². The fourth-order valence-corrected chi connectivity index (χ4v) is 3.61. The summed E-state index contributed by atoms with van der Waals surface area (Å²) >= 11 is 0. The van der Waals surface area contributed by atoms with Crippen molar-refractivity contribution in [3.8, 4) is 11.4 Å². The van der Waals surface area contributed by atoms with E-state index in [9.17, 15) is 4.79 Å². The Kier molecular flexibility index (Phi) is 3.91. The van der Waals surface area contributed by atoms with Crippen LogP contribution in [0.2, 0.25) is 0 Å². The molecule has 0 amide bonds. The summed E-state index contributed by atoms with van der Waals surface area (Å²) in [5.74, 6) is 0.184. The lowest BCUT2D eigenvalue weighted by molar-refractivity contribution is 0.0735. The number of para-hydroxylation sites is 2. The normalized spacial score (nSPS) is 11.0. The Morgan fingerprint density at radius 3 is 2.07 bits per heavy atom. The van der Waals surface area contributed by atoms with Crippen LogP contribution in [0.4, 0.5) is 0 Å². The van der Waals surface area contributed by atoms with Gasteiger partial charge in [0.25, 0.3) is 0 Å². The number of ether oxygens (including phenoxy) is 1. The molecular weight excluding hydrogens is 346 g/mol. The molecule has 0 aliphatic carbocycles. The van der Waals surface area contributed by atoms with Crippen molar-refractivity contribution < 1.29 is 9.53 Å². The summed E-state index contributed by atoms with van der Waals surface area (Å²) in [6.07, 6.45) is 0. The quantitative estimate of drug-likeness (QED) is 0.291. The van der Waals surface area contributed by atoms with E-state index in [4.69, 9.17) is 4.74 Å². The first-order valence-electron chi connectivity index (χ1n) is 9.17. The highest BCUT2D eigenvalue weighted by molar-refractivity contribution is 6.09. The number of esters is 1. The van der Waals surface area contributed by atoms with Gasteiger partial charge in [-0.1, -0.05) is 54.6 Å². The van der Waals surface area contributed by atoms with Crippen LogP contribution in [-0.2, 0) is 0 Å². The number of benzene rings is 4. The van der Waals surface area contributed by atoms with Crippen molar-refractivity contribution in [2.45, 2.75) is 0 Å². The fourth-order valence-electron chi connectivity index (χ4n) is 3.61. The zero-order valence-electron chi connectivity index (χ0n) is 15.1. The lowest BCUT2D eigenvalue weighted by Gasteiger charge is -2.08.